The molecule has 3 aromatic rings. The summed E-state index contributed by atoms with van der Waals surface area (Å²) in [5.41, 5.74) is 0.976. The molecule has 0 radical (unpaired) electrons. The Bertz CT molecular complexity index is 1030. The highest BCUT2D eigenvalue weighted by Gasteiger charge is 2.21. The number of nitro benzene ring substituents is 1. The maximum Gasteiger partial charge on any atom is 0.343 e. The van der Waals surface area contributed by atoms with Crippen molar-refractivity contribution >= 4 is 22.6 Å². The number of rotatable bonds is 5. The number of benzene rings is 2. The number of esters is 1. The molecule has 0 N–H and O–H groups in total. The van der Waals surface area contributed by atoms with Crippen LogP contribution in [0.5, 0.6) is 5.88 Å². The van der Waals surface area contributed by atoms with Gasteiger partial charge >= 0.3 is 5.97 Å². The van der Waals surface area contributed by atoms with Gasteiger partial charge in [0.25, 0.3) is 5.69 Å². The quantitative estimate of drug-likeness (QED) is 0.381. The molecule has 2 aromatic carbocycles. The number of fused-ring (bicyclic) bond motifs is 1. The summed E-state index contributed by atoms with van der Waals surface area (Å²) in [4.78, 5) is 27.3. The number of hydrogen-bond donors (Lipinski definition) is 0. The number of hydrogen-bond acceptors (Lipinski definition) is 6. The predicted octanol–water partition coefficient (Wildman–Crippen LogP) is 4.13. The van der Waals surface area contributed by atoms with Crippen LogP contribution in [0.1, 0.15) is 17.3 Å². The van der Waals surface area contributed by atoms with E-state index in [1.165, 1.54) is 49.6 Å². The van der Waals surface area contributed by atoms with Crippen molar-refractivity contribution in [2.75, 3.05) is 13.7 Å². The Morgan fingerprint density at radius 3 is 2.52 bits per heavy atom. The van der Waals surface area contributed by atoms with Crippen LogP contribution in [0.25, 0.3) is 22.0 Å². The number of aromatic nitrogens is 1. The molecule has 1 aromatic heterocycles. The maximum atomic E-state index is 13.2. The molecule has 8 heteroatoms. The van der Waals surface area contributed by atoms with Gasteiger partial charge in [-0.25, -0.2) is 14.2 Å². The zero-order valence-corrected chi connectivity index (χ0v) is 14.6. The fraction of sp³-hybridized carbons (Fsp3) is 0.158. The minimum absolute atomic E-state index is 0.0183. The maximum absolute atomic E-state index is 13.2. The van der Waals surface area contributed by atoms with E-state index in [0.29, 0.717) is 10.9 Å². The highest BCUT2D eigenvalue weighted by Crippen LogP contribution is 2.35. The first-order chi connectivity index (χ1) is 12.9. The van der Waals surface area contributed by atoms with E-state index in [2.05, 4.69) is 4.98 Å². The fourth-order valence-corrected chi connectivity index (χ4v) is 2.72. The van der Waals surface area contributed by atoms with Crippen LogP contribution in [0, 0.1) is 15.9 Å². The molecule has 3 rings (SSSR count). The summed E-state index contributed by atoms with van der Waals surface area (Å²) in [5, 5.41) is 12.0. The second-order valence-corrected chi connectivity index (χ2v) is 5.59. The number of carbonyl (C=O) groups is 1. The molecule has 0 fully saturated rings. The van der Waals surface area contributed by atoms with E-state index in [-0.39, 0.29) is 34.8 Å². The van der Waals surface area contributed by atoms with Crippen LogP contribution in [0.3, 0.4) is 0 Å². The van der Waals surface area contributed by atoms with Crippen LogP contribution in [-0.4, -0.2) is 29.6 Å². The third kappa shape index (κ3) is 3.55. The molecule has 0 unspecified atom stereocenters. The Balaban J connectivity index is 2.26. The van der Waals surface area contributed by atoms with Gasteiger partial charge in [-0.2, -0.15) is 0 Å². The van der Waals surface area contributed by atoms with Crippen LogP contribution in [-0.2, 0) is 4.74 Å². The minimum atomic E-state index is -0.606. The van der Waals surface area contributed by atoms with E-state index in [1.807, 2.05) is 0 Å². The third-order valence-corrected chi connectivity index (χ3v) is 3.94. The zero-order valence-electron chi connectivity index (χ0n) is 14.6. The van der Waals surface area contributed by atoms with Gasteiger partial charge in [-0.05, 0) is 36.8 Å². The average Bonchev–Trinajstić information content (AvgIpc) is 2.66. The first-order valence-corrected chi connectivity index (χ1v) is 8.04. The first kappa shape index (κ1) is 18.2. The second-order valence-electron chi connectivity index (χ2n) is 5.59. The van der Waals surface area contributed by atoms with Gasteiger partial charge in [0.05, 0.1) is 29.7 Å². The average molecular weight is 370 g/mol. The van der Waals surface area contributed by atoms with E-state index in [4.69, 9.17) is 9.47 Å². The predicted molar refractivity (Wildman–Crippen MR) is 96.3 cm³/mol. The van der Waals surface area contributed by atoms with Gasteiger partial charge in [-0.1, -0.05) is 12.1 Å². The Morgan fingerprint density at radius 2 is 1.93 bits per heavy atom. The summed E-state index contributed by atoms with van der Waals surface area (Å²) in [6.07, 6.45) is 0. The van der Waals surface area contributed by atoms with Crippen molar-refractivity contribution in [3.05, 3.63) is 64.0 Å². The van der Waals surface area contributed by atoms with E-state index < -0.39 is 16.7 Å². The molecule has 27 heavy (non-hydrogen) atoms. The Hall–Kier alpha value is -3.55. The lowest BCUT2D eigenvalue weighted by Crippen LogP contribution is -2.08. The van der Waals surface area contributed by atoms with Crippen molar-refractivity contribution in [2.24, 2.45) is 0 Å². The summed E-state index contributed by atoms with van der Waals surface area (Å²) in [6.45, 7) is 1.86. The number of ether oxygens (including phenoxy) is 2. The van der Waals surface area contributed by atoms with Crippen molar-refractivity contribution in [3.63, 3.8) is 0 Å². The molecule has 0 saturated heterocycles. The Kier molecular flexibility index (Phi) is 4.98. The van der Waals surface area contributed by atoms with Gasteiger partial charge in [0.2, 0.25) is 5.88 Å². The molecule has 0 aliphatic carbocycles. The van der Waals surface area contributed by atoms with Crippen molar-refractivity contribution in [3.8, 4) is 17.0 Å². The van der Waals surface area contributed by atoms with Crippen LogP contribution < -0.4 is 4.74 Å². The second kappa shape index (κ2) is 7.36. The van der Waals surface area contributed by atoms with E-state index in [9.17, 15) is 19.3 Å². The lowest BCUT2D eigenvalue weighted by atomic mass is 10.0. The molecule has 0 bridgehead atoms. The van der Waals surface area contributed by atoms with Crippen LogP contribution in [0.15, 0.2) is 42.5 Å². The monoisotopic (exact) mass is 370 g/mol. The molecule has 0 atom stereocenters. The Labute approximate surface area is 153 Å². The van der Waals surface area contributed by atoms with Gasteiger partial charge in [-0.3, -0.25) is 10.1 Å². The molecule has 0 aliphatic rings. The van der Waals surface area contributed by atoms with Gasteiger partial charge in [0.15, 0.2) is 0 Å². The summed E-state index contributed by atoms with van der Waals surface area (Å²) in [7, 11) is 1.35. The minimum Gasteiger partial charge on any atom is -0.480 e. The summed E-state index contributed by atoms with van der Waals surface area (Å²) < 4.78 is 23.3. The van der Waals surface area contributed by atoms with Crippen molar-refractivity contribution in [1.82, 2.24) is 4.98 Å². The van der Waals surface area contributed by atoms with Gasteiger partial charge < -0.3 is 9.47 Å². The molecular weight excluding hydrogens is 355 g/mol. The summed E-state index contributed by atoms with van der Waals surface area (Å²) in [6, 6.07) is 9.69. The van der Waals surface area contributed by atoms with Gasteiger partial charge in [-0.15, -0.1) is 0 Å². The zero-order chi connectivity index (χ0) is 19.6. The van der Waals surface area contributed by atoms with E-state index >= 15 is 0 Å². The van der Waals surface area contributed by atoms with Crippen LogP contribution >= 0.6 is 0 Å². The molecule has 0 aliphatic heterocycles. The number of halogens is 1. The van der Waals surface area contributed by atoms with Crippen LogP contribution in [0.2, 0.25) is 0 Å². The smallest absolute Gasteiger partial charge is 0.343 e. The molecule has 7 nitrogen and oxygen atoms in total. The molecule has 138 valence electrons. The normalized spacial score (nSPS) is 10.6. The number of carbonyl (C=O) groups excluding carboxylic acids is 1. The number of nitrogens with zero attached hydrogens (tertiary/aromatic N) is 2. The lowest BCUT2D eigenvalue weighted by Gasteiger charge is -2.10. The van der Waals surface area contributed by atoms with E-state index in [1.54, 1.807) is 6.92 Å². The standard InChI is InChI=1S/C19H15FN2O5/c1-3-27-19(23)15-9-12-8-14(11-4-6-13(20)7-5-11)17(22(24)25)10-16(12)21-18(15)26-2/h4-10H,3H2,1-2H3. The topological polar surface area (TPSA) is 91.6 Å². The largest absolute Gasteiger partial charge is 0.480 e. The van der Waals surface area contributed by atoms with Crippen molar-refractivity contribution in [1.29, 1.82) is 0 Å². The molecule has 0 saturated carbocycles. The number of pyridine rings is 1. The fourth-order valence-electron chi connectivity index (χ4n) is 2.72. The van der Waals surface area contributed by atoms with Crippen molar-refractivity contribution in [2.45, 2.75) is 6.92 Å². The first-order valence-electron chi connectivity index (χ1n) is 8.04. The van der Waals surface area contributed by atoms with Gasteiger partial charge in [0.1, 0.15) is 11.4 Å². The Morgan fingerprint density at radius 1 is 1.22 bits per heavy atom. The SMILES string of the molecule is CCOC(=O)c1cc2cc(-c3ccc(F)cc3)c([N+](=O)[O-])cc2nc1OC. The highest BCUT2D eigenvalue weighted by atomic mass is 19.1. The van der Waals surface area contributed by atoms with E-state index in [0.717, 1.165) is 0 Å². The molecular formula is C19H15FN2O5. The number of methoxy groups -OCH3 is 1. The highest BCUT2D eigenvalue weighted by molar-refractivity contribution is 5.98. The molecule has 0 spiro atoms. The summed E-state index contributed by atoms with van der Waals surface area (Å²) in [5.74, 6) is -1.03. The van der Waals surface area contributed by atoms with Crippen LogP contribution in [0.4, 0.5) is 10.1 Å². The van der Waals surface area contributed by atoms with Gasteiger partial charge in [0, 0.05) is 11.5 Å². The van der Waals surface area contributed by atoms with Crippen molar-refractivity contribution < 1.29 is 23.6 Å². The number of nitro groups is 1. The molecule has 1 heterocycles. The molecule has 0 amide bonds. The summed E-state index contributed by atoms with van der Waals surface area (Å²) >= 11 is 0. The third-order valence-electron chi connectivity index (χ3n) is 3.94. The lowest BCUT2D eigenvalue weighted by molar-refractivity contribution is -0.384.